The third-order valence-electron chi connectivity index (χ3n) is 4.62. The molecule has 0 spiro atoms. The predicted octanol–water partition coefficient (Wildman–Crippen LogP) is 5.48. The fourth-order valence-corrected chi connectivity index (χ4v) is 2.84. The molecule has 0 aliphatic carbocycles. The van der Waals surface area contributed by atoms with E-state index < -0.39 is 5.97 Å². The molecule has 0 radical (unpaired) electrons. The van der Waals surface area contributed by atoms with Gasteiger partial charge in [-0.15, -0.1) is 0 Å². The van der Waals surface area contributed by atoms with Crippen molar-refractivity contribution in [1.29, 1.82) is 0 Å². The number of hydrogen-bond donors (Lipinski definition) is 0. The normalized spacial score (nSPS) is 10.4. The second-order valence-electron chi connectivity index (χ2n) is 7.01. The van der Waals surface area contributed by atoms with Gasteiger partial charge in [-0.2, -0.15) is 0 Å². The summed E-state index contributed by atoms with van der Waals surface area (Å²) in [7, 11) is 0. The predicted molar refractivity (Wildman–Crippen MR) is 119 cm³/mol. The van der Waals surface area contributed by atoms with Crippen LogP contribution in [0, 0.1) is 0 Å². The molecule has 0 saturated heterocycles. The van der Waals surface area contributed by atoms with Gasteiger partial charge in [0, 0.05) is 6.42 Å². The quantitative estimate of drug-likeness (QED) is 0.248. The molecule has 0 bridgehead atoms. The molecule has 0 amide bonds. The largest absolute Gasteiger partial charge is 0.493 e. The molecular weight excluding hydrogens is 392 g/mol. The smallest absolute Gasteiger partial charge is 0.343 e. The van der Waals surface area contributed by atoms with E-state index in [0.29, 0.717) is 35.8 Å². The van der Waals surface area contributed by atoms with Crippen molar-refractivity contribution in [3.05, 3.63) is 95.6 Å². The molecule has 0 aliphatic rings. The van der Waals surface area contributed by atoms with E-state index in [1.54, 1.807) is 48.5 Å². The molecule has 3 aromatic carbocycles. The van der Waals surface area contributed by atoms with Crippen LogP contribution in [-0.2, 0) is 11.2 Å². The highest BCUT2D eigenvalue weighted by Gasteiger charge is 2.11. The van der Waals surface area contributed by atoms with Gasteiger partial charge in [0.05, 0.1) is 24.3 Å². The average molecular weight is 418 g/mol. The van der Waals surface area contributed by atoms with E-state index in [1.165, 1.54) is 5.56 Å². The third kappa shape index (κ3) is 7.00. The van der Waals surface area contributed by atoms with E-state index in [9.17, 15) is 9.59 Å². The summed E-state index contributed by atoms with van der Waals surface area (Å²) in [6, 6.07) is 23.3. The zero-order valence-corrected chi connectivity index (χ0v) is 17.6. The number of carbonyl (C=O) groups is 2. The summed E-state index contributed by atoms with van der Waals surface area (Å²) in [6.07, 6.45) is 2.61. The average Bonchev–Trinajstić information content (AvgIpc) is 2.81. The van der Waals surface area contributed by atoms with Crippen molar-refractivity contribution < 1.29 is 23.8 Å². The van der Waals surface area contributed by atoms with Crippen molar-refractivity contribution in [3.8, 4) is 11.5 Å². The molecule has 0 saturated carbocycles. The summed E-state index contributed by atoms with van der Waals surface area (Å²) in [5.74, 6) is 0.194. The van der Waals surface area contributed by atoms with Crippen LogP contribution in [0.15, 0.2) is 78.9 Å². The molecule has 5 heteroatoms. The van der Waals surface area contributed by atoms with Gasteiger partial charge < -0.3 is 14.2 Å². The van der Waals surface area contributed by atoms with E-state index in [0.717, 1.165) is 19.3 Å². The van der Waals surface area contributed by atoms with Gasteiger partial charge >= 0.3 is 11.9 Å². The topological polar surface area (TPSA) is 61.8 Å². The fraction of sp³-hybridized carbons (Fsp3) is 0.231. The van der Waals surface area contributed by atoms with Gasteiger partial charge in [0.15, 0.2) is 0 Å². The van der Waals surface area contributed by atoms with Gasteiger partial charge in [0.25, 0.3) is 0 Å². The number of hydrogen-bond acceptors (Lipinski definition) is 5. The summed E-state index contributed by atoms with van der Waals surface area (Å²) < 4.78 is 16.3. The molecule has 3 rings (SSSR count). The SMILES string of the molecule is CCCCOC(=O)c1ccc(OC(=O)c2ccc(OCCc3ccccc3)cc2)cc1. The van der Waals surface area contributed by atoms with Crippen molar-refractivity contribution in [2.45, 2.75) is 26.2 Å². The van der Waals surface area contributed by atoms with Gasteiger partial charge in [-0.1, -0.05) is 43.7 Å². The maximum Gasteiger partial charge on any atom is 0.343 e. The molecule has 0 N–H and O–H groups in total. The van der Waals surface area contributed by atoms with Gasteiger partial charge in [-0.25, -0.2) is 9.59 Å². The zero-order chi connectivity index (χ0) is 21.9. The Balaban J connectivity index is 1.48. The van der Waals surface area contributed by atoms with E-state index >= 15 is 0 Å². The Morgan fingerprint density at radius 2 is 1.32 bits per heavy atom. The van der Waals surface area contributed by atoms with Crippen LogP contribution in [0.4, 0.5) is 0 Å². The van der Waals surface area contributed by atoms with E-state index in [2.05, 4.69) is 12.1 Å². The number of benzene rings is 3. The number of carbonyl (C=O) groups excluding carboxylic acids is 2. The lowest BCUT2D eigenvalue weighted by Gasteiger charge is -2.08. The summed E-state index contributed by atoms with van der Waals surface area (Å²) in [5.41, 5.74) is 2.05. The monoisotopic (exact) mass is 418 g/mol. The Bertz CT molecular complexity index is 963. The first-order valence-corrected chi connectivity index (χ1v) is 10.4. The van der Waals surface area contributed by atoms with Crippen molar-refractivity contribution in [2.75, 3.05) is 13.2 Å². The van der Waals surface area contributed by atoms with E-state index in [4.69, 9.17) is 14.2 Å². The maximum absolute atomic E-state index is 12.4. The van der Waals surface area contributed by atoms with E-state index in [1.807, 2.05) is 25.1 Å². The van der Waals surface area contributed by atoms with Crippen molar-refractivity contribution >= 4 is 11.9 Å². The van der Waals surface area contributed by atoms with Crippen molar-refractivity contribution in [1.82, 2.24) is 0 Å². The van der Waals surface area contributed by atoms with Crippen LogP contribution in [0.2, 0.25) is 0 Å². The Morgan fingerprint density at radius 3 is 1.97 bits per heavy atom. The highest BCUT2D eigenvalue weighted by atomic mass is 16.5. The number of esters is 2. The van der Waals surface area contributed by atoms with Crippen LogP contribution >= 0.6 is 0 Å². The molecule has 0 aliphatic heterocycles. The first-order chi connectivity index (χ1) is 15.2. The molecule has 31 heavy (non-hydrogen) atoms. The standard InChI is InChI=1S/C26H26O5/c1-2-3-18-30-25(27)21-11-15-24(16-12-21)31-26(28)22-9-13-23(14-10-22)29-19-17-20-7-5-4-6-8-20/h4-16H,2-3,17-19H2,1H3. The second-order valence-corrected chi connectivity index (χ2v) is 7.01. The van der Waals surface area contributed by atoms with Crippen LogP contribution in [0.1, 0.15) is 46.0 Å². The van der Waals surface area contributed by atoms with Gasteiger partial charge in [-0.3, -0.25) is 0 Å². The van der Waals surface area contributed by atoms with Gasteiger partial charge in [0.2, 0.25) is 0 Å². The Labute approximate surface area is 182 Å². The van der Waals surface area contributed by atoms with Crippen LogP contribution in [0.5, 0.6) is 11.5 Å². The lowest BCUT2D eigenvalue weighted by atomic mass is 10.2. The van der Waals surface area contributed by atoms with Crippen LogP contribution < -0.4 is 9.47 Å². The molecule has 0 unspecified atom stereocenters. The Hall–Kier alpha value is -3.60. The van der Waals surface area contributed by atoms with Crippen LogP contribution in [0.3, 0.4) is 0 Å². The Morgan fingerprint density at radius 1 is 0.710 bits per heavy atom. The molecule has 3 aromatic rings. The first-order valence-electron chi connectivity index (χ1n) is 10.4. The molecule has 0 fully saturated rings. The molecule has 0 atom stereocenters. The summed E-state index contributed by atoms with van der Waals surface area (Å²) in [6.45, 7) is 2.99. The van der Waals surface area contributed by atoms with E-state index in [-0.39, 0.29) is 5.97 Å². The van der Waals surface area contributed by atoms with Crippen molar-refractivity contribution in [3.63, 3.8) is 0 Å². The molecule has 0 heterocycles. The lowest BCUT2D eigenvalue weighted by Crippen LogP contribution is -2.09. The summed E-state index contributed by atoms with van der Waals surface area (Å²) >= 11 is 0. The fourth-order valence-electron chi connectivity index (χ4n) is 2.84. The number of ether oxygens (including phenoxy) is 3. The highest BCUT2D eigenvalue weighted by molar-refractivity contribution is 5.92. The van der Waals surface area contributed by atoms with Gasteiger partial charge in [-0.05, 0) is 60.5 Å². The summed E-state index contributed by atoms with van der Waals surface area (Å²) in [4.78, 5) is 24.3. The summed E-state index contributed by atoms with van der Waals surface area (Å²) in [5, 5.41) is 0. The second kappa shape index (κ2) is 11.6. The molecular formula is C26H26O5. The van der Waals surface area contributed by atoms with Crippen LogP contribution in [-0.4, -0.2) is 25.2 Å². The zero-order valence-electron chi connectivity index (χ0n) is 17.6. The minimum Gasteiger partial charge on any atom is -0.493 e. The Kier molecular flexibility index (Phi) is 8.23. The van der Waals surface area contributed by atoms with Crippen LogP contribution in [0.25, 0.3) is 0 Å². The first kappa shape index (κ1) is 22.1. The minimum atomic E-state index is -0.478. The molecule has 0 aromatic heterocycles. The lowest BCUT2D eigenvalue weighted by molar-refractivity contribution is 0.0499. The number of rotatable bonds is 10. The highest BCUT2D eigenvalue weighted by Crippen LogP contribution is 2.17. The number of unbranched alkanes of at least 4 members (excludes halogenated alkanes) is 1. The van der Waals surface area contributed by atoms with Gasteiger partial charge in [0.1, 0.15) is 11.5 Å². The molecule has 5 nitrogen and oxygen atoms in total. The third-order valence-corrected chi connectivity index (χ3v) is 4.62. The molecule has 160 valence electrons. The minimum absolute atomic E-state index is 0.360. The maximum atomic E-state index is 12.4. The van der Waals surface area contributed by atoms with Crippen molar-refractivity contribution in [2.24, 2.45) is 0 Å².